The van der Waals surface area contributed by atoms with Crippen LogP contribution in [0.1, 0.15) is 59.3 Å². The normalized spacial score (nSPS) is 51.2. The van der Waals surface area contributed by atoms with Crippen LogP contribution >= 0.6 is 0 Å². The van der Waals surface area contributed by atoms with Crippen LogP contribution in [0.2, 0.25) is 0 Å². The lowest BCUT2D eigenvalue weighted by Gasteiger charge is -2.61. The topological polar surface area (TPSA) is 160 Å². The van der Waals surface area contributed by atoms with Crippen molar-refractivity contribution in [2.45, 2.75) is 102 Å². The van der Waals surface area contributed by atoms with Gasteiger partial charge in [0.25, 0.3) is 0 Å². The predicted molar refractivity (Wildman–Crippen MR) is 126 cm³/mol. The lowest BCUT2D eigenvalue weighted by atomic mass is 9.45. The molecule has 202 valence electrons. The number of aliphatic hydroxyl groups is 7. The van der Waals surface area contributed by atoms with Crippen molar-refractivity contribution in [3.63, 3.8) is 0 Å². The summed E-state index contributed by atoms with van der Waals surface area (Å²) in [6, 6.07) is 0. The average Bonchev–Trinajstić information content (AvgIpc) is 2.84. The summed E-state index contributed by atoms with van der Waals surface area (Å²) in [4.78, 5) is 0. The molecule has 0 aromatic heterocycles. The third-order valence-electron chi connectivity index (χ3n) is 10.2. The minimum atomic E-state index is -1.52. The molecule has 9 nitrogen and oxygen atoms in total. The van der Waals surface area contributed by atoms with E-state index in [0.717, 1.165) is 25.7 Å². The Hall–Kier alpha value is -0.620. The van der Waals surface area contributed by atoms with Gasteiger partial charge in [0.1, 0.15) is 24.4 Å². The van der Waals surface area contributed by atoms with Crippen molar-refractivity contribution < 1.29 is 45.2 Å². The standard InChI is InChI=1S/C26H44O9/c1-24(19(30)12-34-23-22(33)21(32)20(31)16(11-27)35-23)8-6-15-14(10-24)4-5-17-25(15,2)9-7-18(29)26(17,3)13-28/h4,15-23,27-33H,5-13H2,1-3H3. The second-order valence-corrected chi connectivity index (χ2v) is 12.3. The number of fused-ring (bicyclic) bond motifs is 3. The summed E-state index contributed by atoms with van der Waals surface area (Å²) in [5, 5.41) is 71.5. The van der Waals surface area contributed by atoms with Gasteiger partial charge in [0.15, 0.2) is 6.29 Å². The zero-order chi connectivity index (χ0) is 25.8. The zero-order valence-electron chi connectivity index (χ0n) is 21.1. The summed E-state index contributed by atoms with van der Waals surface area (Å²) in [5.74, 6) is 0.535. The van der Waals surface area contributed by atoms with Gasteiger partial charge in [0.2, 0.25) is 0 Å². The number of hydrogen-bond acceptors (Lipinski definition) is 9. The fourth-order valence-electron chi connectivity index (χ4n) is 7.56. The fourth-order valence-corrected chi connectivity index (χ4v) is 7.56. The number of rotatable bonds is 6. The second kappa shape index (κ2) is 9.93. The minimum absolute atomic E-state index is 0.0140. The van der Waals surface area contributed by atoms with E-state index in [0.29, 0.717) is 18.8 Å². The van der Waals surface area contributed by atoms with E-state index in [1.54, 1.807) is 0 Å². The highest BCUT2D eigenvalue weighted by molar-refractivity contribution is 5.25. The first-order valence-electron chi connectivity index (χ1n) is 13.0. The molecule has 7 N–H and O–H groups in total. The predicted octanol–water partition coefficient (Wildman–Crippen LogP) is 0.0761. The maximum atomic E-state index is 11.1. The molecule has 3 fully saturated rings. The zero-order valence-corrected chi connectivity index (χ0v) is 21.1. The van der Waals surface area contributed by atoms with Crippen LogP contribution in [-0.2, 0) is 9.47 Å². The summed E-state index contributed by atoms with van der Waals surface area (Å²) in [6.45, 7) is 5.65. The minimum Gasteiger partial charge on any atom is -0.396 e. The van der Waals surface area contributed by atoms with Gasteiger partial charge in [-0.3, -0.25) is 0 Å². The molecule has 3 aliphatic carbocycles. The van der Waals surface area contributed by atoms with E-state index in [4.69, 9.17) is 9.47 Å². The molecule has 2 saturated carbocycles. The maximum absolute atomic E-state index is 11.1. The SMILES string of the molecule is CC1(C(O)COC2OC(CO)C(O)C(O)C2O)CCC2C(=CCC3C(C)(CO)C(O)CCC23C)C1. The molecule has 0 spiro atoms. The Morgan fingerprint density at radius 3 is 2.40 bits per heavy atom. The Morgan fingerprint density at radius 1 is 1.03 bits per heavy atom. The number of allylic oxidation sites excluding steroid dienone is 2. The van der Waals surface area contributed by atoms with Crippen LogP contribution in [0.25, 0.3) is 0 Å². The van der Waals surface area contributed by atoms with Crippen LogP contribution in [0, 0.1) is 28.1 Å². The van der Waals surface area contributed by atoms with Crippen LogP contribution in [0.3, 0.4) is 0 Å². The van der Waals surface area contributed by atoms with Crippen LogP contribution in [-0.4, -0.2) is 98.5 Å². The molecule has 1 saturated heterocycles. The van der Waals surface area contributed by atoms with E-state index in [9.17, 15) is 35.7 Å². The van der Waals surface area contributed by atoms with E-state index in [1.165, 1.54) is 5.57 Å². The molecule has 4 rings (SSSR count). The van der Waals surface area contributed by atoms with Crippen LogP contribution < -0.4 is 0 Å². The smallest absolute Gasteiger partial charge is 0.186 e. The van der Waals surface area contributed by atoms with Gasteiger partial charge >= 0.3 is 0 Å². The summed E-state index contributed by atoms with van der Waals surface area (Å²) < 4.78 is 11.0. The van der Waals surface area contributed by atoms with Crippen molar-refractivity contribution in [1.29, 1.82) is 0 Å². The highest BCUT2D eigenvalue weighted by Gasteiger charge is 2.59. The monoisotopic (exact) mass is 500 g/mol. The molecule has 1 heterocycles. The van der Waals surface area contributed by atoms with Gasteiger partial charge in [0.05, 0.1) is 32.0 Å². The molecular formula is C26H44O9. The van der Waals surface area contributed by atoms with Gasteiger partial charge in [-0.2, -0.15) is 0 Å². The summed E-state index contributed by atoms with van der Waals surface area (Å²) in [6.07, 6.45) is -1.13. The summed E-state index contributed by atoms with van der Waals surface area (Å²) >= 11 is 0. The van der Waals surface area contributed by atoms with Crippen molar-refractivity contribution in [3.05, 3.63) is 11.6 Å². The highest BCUT2D eigenvalue weighted by atomic mass is 16.7. The van der Waals surface area contributed by atoms with Gasteiger partial charge < -0.3 is 45.2 Å². The Balaban J connectivity index is 1.43. The van der Waals surface area contributed by atoms with Crippen molar-refractivity contribution in [2.75, 3.05) is 19.8 Å². The van der Waals surface area contributed by atoms with Crippen molar-refractivity contribution in [3.8, 4) is 0 Å². The lowest BCUT2D eigenvalue weighted by Crippen LogP contribution is -2.59. The first-order chi connectivity index (χ1) is 16.4. The Labute approximate surface area is 207 Å². The van der Waals surface area contributed by atoms with Gasteiger partial charge in [-0.15, -0.1) is 0 Å². The highest BCUT2D eigenvalue weighted by Crippen LogP contribution is 2.63. The summed E-state index contributed by atoms with van der Waals surface area (Å²) in [7, 11) is 0. The van der Waals surface area contributed by atoms with Crippen molar-refractivity contribution in [1.82, 2.24) is 0 Å². The fraction of sp³-hybridized carbons (Fsp3) is 0.923. The Bertz CT molecular complexity index is 789. The van der Waals surface area contributed by atoms with E-state index >= 15 is 0 Å². The van der Waals surface area contributed by atoms with Gasteiger partial charge in [-0.25, -0.2) is 0 Å². The first kappa shape index (κ1) is 27.4. The molecule has 12 atom stereocenters. The van der Waals surface area contributed by atoms with Gasteiger partial charge in [-0.1, -0.05) is 32.4 Å². The molecule has 4 aliphatic rings. The quantitative estimate of drug-likeness (QED) is 0.251. The largest absolute Gasteiger partial charge is 0.396 e. The van der Waals surface area contributed by atoms with E-state index in [-0.39, 0.29) is 24.5 Å². The van der Waals surface area contributed by atoms with Crippen LogP contribution in [0.5, 0.6) is 0 Å². The van der Waals surface area contributed by atoms with Crippen LogP contribution in [0.15, 0.2) is 11.6 Å². The molecule has 35 heavy (non-hydrogen) atoms. The molecule has 0 radical (unpaired) electrons. The summed E-state index contributed by atoms with van der Waals surface area (Å²) in [5.41, 5.74) is 0.337. The van der Waals surface area contributed by atoms with Gasteiger partial charge in [-0.05, 0) is 61.2 Å². The van der Waals surface area contributed by atoms with Crippen molar-refractivity contribution in [2.24, 2.45) is 28.1 Å². The molecule has 0 aromatic rings. The van der Waals surface area contributed by atoms with Crippen LogP contribution in [0.4, 0.5) is 0 Å². The van der Waals surface area contributed by atoms with E-state index in [1.807, 2.05) is 13.8 Å². The molecule has 9 heteroatoms. The molecule has 1 aliphatic heterocycles. The number of ether oxygens (including phenoxy) is 2. The van der Waals surface area contributed by atoms with E-state index in [2.05, 4.69) is 13.0 Å². The Morgan fingerprint density at radius 2 is 1.74 bits per heavy atom. The molecule has 0 aromatic carbocycles. The first-order valence-corrected chi connectivity index (χ1v) is 13.0. The number of aliphatic hydroxyl groups excluding tert-OH is 7. The number of hydrogen-bond donors (Lipinski definition) is 7. The molecular weight excluding hydrogens is 456 g/mol. The third kappa shape index (κ3) is 4.51. The lowest BCUT2D eigenvalue weighted by molar-refractivity contribution is -0.306. The van der Waals surface area contributed by atoms with E-state index < -0.39 is 60.4 Å². The third-order valence-corrected chi connectivity index (χ3v) is 10.2. The molecule has 0 bridgehead atoms. The Kier molecular flexibility index (Phi) is 7.77. The molecule has 12 unspecified atom stereocenters. The van der Waals surface area contributed by atoms with Crippen molar-refractivity contribution >= 4 is 0 Å². The average molecular weight is 501 g/mol. The second-order valence-electron chi connectivity index (χ2n) is 12.3. The maximum Gasteiger partial charge on any atom is 0.186 e. The van der Waals surface area contributed by atoms with Gasteiger partial charge in [0, 0.05) is 5.41 Å². The molecule has 0 amide bonds.